The summed E-state index contributed by atoms with van der Waals surface area (Å²) in [6.07, 6.45) is -0.477. The van der Waals surface area contributed by atoms with Crippen LogP contribution >= 0.6 is 0 Å². The Morgan fingerprint density at radius 3 is 2.17 bits per heavy atom. The van der Waals surface area contributed by atoms with Gasteiger partial charge in [-0.2, -0.15) is 8.78 Å². The van der Waals surface area contributed by atoms with Gasteiger partial charge in [0, 0.05) is 13.8 Å². The van der Waals surface area contributed by atoms with Gasteiger partial charge in [0.2, 0.25) is 12.7 Å². The van der Waals surface area contributed by atoms with Crippen molar-refractivity contribution in [2.75, 3.05) is 0 Å². The number of ether oxygens (including phenoxy) is 3. The van der Waals surface area contributed by atoms with E-state index in [-0.39, 0.29) is 29.2 Å². The Morgan fingerprint density at radius 2 is 1.57 bits per heavy atom. The summed E-state index contributed by atoms with van der Waals surface area (Å²) in [5.41, 5.74) is 1.45. The summed E-state index contributed by atoms with van der Waals surface area (Å²) < 4.78 is 71.3. The van der Waals surface area contributed by atoms with Gasteiger partial charge in [-0.1, -0.05) is 44.0 Å². The van der Waals surface area contributed by atoms with E-state index in [4.69, 9.17) is 14.2 Å². The first-order valence-corrected chi connectivity index (χ1v) is 12.6. The molecule has 3 rings (SSSR count). The molecular formula is C28H36F4O3. The first-order chi connectivity index (χ1) is 16.7. The number of halogens is 4. The molecule has 3 nitrogen and oxygen atoms in total. The molecule has 0 heterocycles. The molecule has 7 heteroatoms. The molecule has 2 aromatic rings. The van der Waals surface area contributed by atoms with Crippen LogP contribution in [0.4, 0.5) is 17.6 Å². The third-order valence-electron chi connectivity index (χ3n) is 6.48. The van der Waals surface area contributed by atoms with Crippen LogP contribution in [0, 0.1) is 5.92 Å². The first-order valence-electron chi connectivity index (χ1n) is 12.6. The average Bonchev–Trinajstić information content (AvgIpc) is 2.80. The van der Waals surface area contributed by atoms with Crippen LogP contribution in [-0.4, -0.2) is 18.8 Å². The van der Waals surface area contributed by atoms with Gasteiger partial charge >= 0.3 is 6.11 Å². The molecule has 0 N–H and O–H groups in total. The molecule has 0 spiro atoms. The van der Waals surface area contributed by atoms with Crippen molar-refractivity contribution in [3.8, 4) is 17.2 Å². The largest absolute Gasteiger partial charge is 0.457 e. The zero-order chi connectivity index (χ0) is 25.4. The summed E-state index contributed by atoms with van der Waals surface area (Å²) in [5.74, 6) is 1.25. The monoisotopic (exact) mass is 496 g/mol. The SMILES string of the molecule is CCCC1CCC(c2ccc(OC(F)(F)CCc3cccc(OC(C)F)c3OC(C)F)cc2)CC1. The molecule has 194 valence electrons. The average molecular weight is 497 g/mol. The minimum Gasteiger partial charge on any atom is -0.457 e. The maximum Gasteiger partial charge on any atom is 0.398 e. The quantitative estimate of drug-likeness (QED) is 0.275. The van der Waals surface area contributed by atoms with Crippen LogP contribution in [0.3, 0.4) is 0 Å². The van der Waals surface area contributed by atoms with Gasteiger partial charge in [-0.05, 0) is 73.3 Å². The summed E-state index contributed by atoms with van der Waals surface area (Å²) >= 11 is 0. The highest BCUT2D eigenvalue weighted by molar-refractivity contribution is 5.47. The Morgan fingerprint density at radius 1 is 0.914 bits per heavy atom. The normalized spacial score (nSPS) is 20.2. The van der Waals surface area contributed by atoms with E-state index < -0.39 is 25.2 Å². The van der Waals surface area contributed by atoms with Crippen molar-refractivity contribution < 1.29 is 31.8 Å². The fourth-order valence-corrected chi connectivity index (χ4v) is 4.83. The van der Waals surface area contributed by atoms with E-state index in [1.165, 1.54) is 50.8 Å². The molecule has 1 saturated carbocycles. The highest BCUT2D eigenvalue weighted by Crippen LogP contribution is 2.39. The molecule has 0 aliphatic heterocycles. The van der Waals surface area contributed by atoms with Gasteiger partial charge in [0.1, 0.15) is 5.75 Å². The molecule has 35 heavy (non-hydrogen) atoms. The van der Waals surface area contributed by atoms with Gasteiger partial charge < -0.3 is 14.2 Å². The summed E-state index contributed by atoms with van der Waals surface area (Å²) in [6, 6.07) is 11.4. The highest BCUT2D eigenvalue weighted by atomic mass is 19.3. The van der Waals surface area contributed by atoms with Gasteiger partial charge in [0.05, 0.1) is 6.42 Å². The Hall–Kier alpha value is -2.44. The molecule has 1 aliphatic rings. The summed E-state index contributed by atoms with van der Waals surface area (Å²) in [7, 11) is 0. The summed E-state index contributed by atoms with van der Waals surface area (Å²) in [4.78, 5) is 0. The van der Waals surface area contributed by atoms with E-state index >= 15 is 0 Å². The standard InChI is InChI=1S/C28H36F4O3/c1-4-6-21-9-11-22(12-10-21)23-13-15-25(16-14-23)35-28(31,32)18-17-24-7-5-8-26(33-19(2)29)27(24)34-20(3)30/h5,7-8,13-16,19-22H,4,6,9-12,17-18H2,1-3H3. The number of rotatable bonds is 12. The zero-order valence-electron chi connectivity index (χ0n) is 20.7. The minimum absolute atomic E-state index is 0.0365. The van der Waals surface area contributed by atoms with Crippen LogP contribution in [-0.2, 0) is 6.42 Å². The van der Waals surface area contributed by atoms with Gasteiger partial charge in [-0.15, -0.1) is 0 Å². The molecule has 0 bridgehead atoms. The lowest BCUT2D eigenvalue weighted by Crippen LogP contribution is -2.25. The Kier molecular flexibility index (Phi) is 9.70. The molecule has 1 fully saturated rings. The lowest BCUT2D eigenvalue weighted by atomic mass is 9.77. The molecule has 0 radical (unpaired) electrons. The smallest absolute Gasteiger partial charge is 0.398 e. The highest BCUT2D eigenvalue weighted by Gasteiger charge is 2.32. The molecular weight excluding hydrogens is 460 g/mol. The van der Waals surface area contributed by atoms with E-state index in [1.54, 1.807) is 12.1 Å². The van der Waals surface area contributed by atoms with E-state index in [0.717, 1.165) is 31.2 Å². The Balaban J connectivity index is 1.60. The van der Waals surface area contributed by atoms with E-state index in [9.17, 15) is 17.6 Å². The van der Waals surface area contributed by atoms with Gasteiger partial charge in [0.15, 0.2) is 11.5 Å². The van der Waals surface area contributed by atoms with Crippen LogP contribution < -0.4 is 14.2 Å². The van der Waals surface area contributed by atoms with Gasteiger partial charge in [0.25, 0.3) is 0 Å². The van der Waals surface area contributed by atoms with Gasteiger partial charge in [-0.3, -0.25) is 0 Å². The van der Waals surface area contributed by atoms with Crippen molar-refractivity contribution >= 4 is 0 Å². The van der Waals surface area contributed by atoms with E-state index in [0.29, 0.717) is 5.92 Å². The zero-order valence-corrected chi connectivity index (χ0v) is 20.7. The van der Waals surface area contributed by atoms with E-state index in [2.05, 4.69) is 6.92 Å². The molecule has 0 saturated heterocycles. The van der Waals surface area contributed by atoms with Crippen LogP contribution in [0.15, 0.2) is 42.5 Å². The Bertz CT molecular complexity index is 907. The van der Waals surface area contributed by atoms with E-state index in [1.807, 2.05) is 12.1 Å². The number of para-hydroxylation sites is 1. The molecule has 2 aromatic carbocycles. The number of hydrogen-bond acceptors (Lipinski definition) is 3. The van der Waals surface area contributed by atoms with Crippen molar-refractivity contribution in [1.82, 2.24) is 0 Å². The molecule has 0 aromatic heterocycles. The maximum atomic E-state index is 14.6. The maximum absolute atomic E-state index is 14.6. The topological polar surface area (TPSA) is 27.7 Å². The van der Waals surface area contributed by atoms with Crippen LogP contribution in [0.25, 0.3) is 0 Å². The fourth-order valence-electron chi connectivity index (χ4n) is 4.83. The number of benzene rings is 2. The lowest BCUT2D eigenvalue weighted by Gasteiger charge is -2.28. The van der Waals surface area contributed by atoms with Crippen LogP contribution in [0.5, 0.6) is 17.2 Å². The molecule has 2 unspecified atom stereocenters. The Labute approximate surface area is 205 Å². The van der Waals surface area contributed by atoms with Crippen LogP contribution in [0.2, 0.25) is 0 Å². The number of aryl methyl sites for hydroxylation is 1. The second kappa shape index (κ2) is 12.5. The van der Waals surface area contributed by atoms with Crippen molar-refractivity contribution in [1.29, 1.82) is 0 Å². The van der Waals surface area contributed by atoms with Crippen molar-refractivity contribution in [3.63, 3.8) is 0 Å². The first kappa shape index (κ1) is 27.2. The van der Waals surface area contributed by atoms with Crippen molar-refractivity contribution in [2.24, 2.45) is 5.92 Å². The second-order valence-electron chi connectivity index (χ2n) is 9.38. The predicted molar refractivity (Wildman–Crippen MR) is 129 cm³/mol. The predicted octanol–water partition coefficient (Wildman–Crippen LogP) is 8.75. The van der Waals surface area contributed by atoms with Crippen molar-refractivity contribution in [3.05, 3.63) is 53.6 Å². The third kappa shape index (κ3) is 8.32. The fraction of sp³-hybridized carbons (Fsp3) is 0.571. The number of alkyl halides is 4. The van der Waals surface area contributed by atoms with Crippen LogP contribution in [0.1, 0.15) is 82.8 Å². The van der Waals surface area contributed by atoms with Crippen molar-refractivity contribution in [2.45, 2.75) is 96.9 Å². The summed E-state index contributed by atoms with van der Waals surface area (Å²) in [5, 5.41) is 0. The second-order valence-corrected chi connectivity index (χ2v) is 9.38. The van der Waals surface area contributed by atoms with Gasteiger partial charge in [-0.25, -0.2) is 8.78 Å². The lowest BCUT2D eigenvalue weighted by molar-refractivity contribution is -0.180. The summed E-state index contributed by atoms with van der Waals surface area (Å²) in [6.45, 7) is 4.54. The molecule has 1 aliphatic carbocycles. The molecule has 0 amide bonds. The third-order valence-corrected chi connectivity index (χ3v) is 6.48. The number of hydrogen-bond donors (Lipinski definition) is 0. The molecule has 2 atom stereocenters. The minimum atomic E-state index is -3.46.